The molecule has 0 spiro atoms. The summed E-state index contributed by atoms with van der Waals surface area (Å²) < 4.78 is 52.4. The molecule has 5 nitrogen and oxygen atoms in total. The van der Waals surface area contributed by atoms with Gasteiger partial charge in [0.1, 0.15) is 11.3 Å². The SMILES string of the molecule is CCCCCOc1ncc(C(F)(F)F)c(N(C)c2cccc(OC3CCCCC3)c2)n1. The third kappa shape index (κ3) is 6.48. The molecule has 1 fully saturated rings. The van der Waals surface area contributed by atoms with E-state index in [1.165, 1.54) is 11.3 Å². The summed E-state index contributed by atoms with van der Waals surface area (Å²) in [6.07, 6.45) is 4.66. The molecule has 0 atom stereocenters. The van der Waals surface area contributed by atoms with E-state index in [4.69, 9.17) is 9.47 Å². The van der Waals surface area contributed by atoms with Gasteiger partial charge in [-0.1, -0.05) is 32.3 Å². The molecule has 0 unspecified atom stereocenters. The number of halogens is 3. The van der Waals surface area contributed by atoms with Crippen LogP contribution in [0.15, 0.2) is 30.5 Å². The van der Waals surface area contributed by atoms with Gasteiger partial charge in [-0.05, 0) is 44.2 Å². The maximum atomic E-state index is 13.6. The number of anilines is 2. The second-order valence-electron chi connectivity index (χ2n) is 7.88. The van der Waals surface area contributed by atoms with Crippen molar-refractivity contribution in [3.8, 4) is 11.8 Å². The first-order valence-corrected chi connectivity index (χ1v) is 11.0. The van der Waals surface area contributed by atoms with E-state index in [9.17, 15) is 13.2 Å². The number of aromatic nitrogens is 2. The Kier molecular flexibility index (Phi) is 7.98. The summed E-state index contributed by atoms with van der Waals surface area (Å²) in [6, 6.07) is 7.04. The molecule has 1 aromatic heterocycles. The van der Waals surface area contributed by atoms with E-state index in [0.717, 1.165) is 51.1 Å². The van der Waals surface area contributed by atoms with Gasteiger partial charge in [0, 0.05) is 25.0 Å². The summed E-state index contributed by atoms with van der Waals surface area (Å²) in [4.78, 5) is 9.26. The summed E-state index contributed by atoms with van der Waals surface area (Å²) in [5.74, 6) is 0.401. The van der Waals surface area contributed by atoms with Crippen LogP contribution in [0.4, 0.5) is 24.7 Å². The van der Waals surface area contributed by atoms with Gasteiger partial charge in [-0.2, -0.15) is 18.2 Å². The quantitative estimate of drug-likeness (QED) is 0.417. The molecule has 170 valence electrons. The van der Waals surface area contributed by atoms with Crippen molar-refractivity contribution in [2.24, 2.45) is 0 Å². The average Bonchev–Trinajstić information content (AvgIpc) is 2.76. The van der Waals surface area contributed by atoms with Gasteiger partial charge in [-0.3, -0.25) is 0 Å². The molecular weight excluding hydrogens is 407 g/mol. The van der Waals surface area contributed by atoms with Crippen LogP contribution in [0.1, 0.15) is 63.9 Å². The van der Waals surface area contributed by atoms with Crippen molar-refractivity contribution >= 4 is 11.5 Å². The summed E-state index contributed by atoms with van der Waals surface area (Å²) in [6.45, 7) is 2.43. The van der Waals surface area contributed by atoms with Gasteiger partial charge in [0.15, 0.2) is 5.82 Å². The predicted molar refractivity (Wildman–Crippen MR) is 114 cm³/mol. The molecule has 31 heavy (non-hydrogen) atoms. The highest BCUT2D eigenvalue weighted by atomic mass is 19.4. The van der Waals surface area contributed by atoms with E-state index in [1.807, 2.05) is 6.07 Å². The Morgan fingerprint density at radius 3 is 2.61 bits per heavy atom. The lowest BCUT2D eigenvalue weighted by Gasteiger charge is -2.25. The van der Waals surface area contributed by atoms with Crippen LogP contribution in [0.3, 0.4) is 0 Å². The van der Waals surface area contributed by atoms with Gasteiger partial charge in [-0.25, -0.2) is 4.98 Å². The first-order valence-electron chi connectivity index (χ1n) is 11.0. The van der Waals surface area contributed by atoms with E-state index < -0.39 is 11.7 Å². The molecule has 0 bridgehead atoms. The first kappa shape index (κ1) is 23.2. The number of nitrogens with zero attached hydrogens (tertiary/aromatic N) is 3. The van der Waals surface area contributed by atoms with Crippen LogP contribution >= 0.6 is 0 Å². The molecule has 8 heteroatoms. The predicted octanol–water partition coefficient (Wildman–Crippen LogP) is 6.54. The molecule has 1 aliphatic carbocycles. The average molecular weight is 438 g/mol. The number of rotatable bonds is 9. The van der Waals surface area contributed by atoms with E-state index in [0.29, 0.717) is 18.0 Å². The van der Waals surface area contributed by atoms with Crippen LogP contribution < -0.4 is 14.4 Å². The fourth-order valence-electron chi connectivity index (χ4n) is 3.66. The maximum Gasteiger partial charge on any atom is 0.421 e. The minimum atomic E-state index is -4.58. The molecule has 1 aromatic carbocycles. The van der Waals surface area contributed by atoms with Crippen molar-refractivity contribution in [1.82, 2.24) is 9.97 Å². The Bertz CT molecular complexity index is 839. The molecule has 0 aliphatic heterocycles. The monoisotopic (exact) mass is 437 g/mol. The molecule has 1 saturated carbocycles. The van der Waals surface area contributed by atoms with Crippen LogP contribution in [0.2, 0.25) is 0 Å². The lowest BCUT2D eigenvalue weighted by atomic mass is 9.98. The van der Waals surface area contributed by atoms with Gasteiger partial charge < -0.3 is 14.4 Å². The number of benzene rings is 1. The first-order chi connectivity index (χ1) is 14.9. The van der Waals surface area contributed by atoms with Crippen LogP contribution in [0, 0.1) is 0 Å². The number of alkyl halides is 3. The van der Waals surface area contributed by atoms with Crippen LogP contribution in [0.25, 0.3) is 0 Å². The zero-order valence-corrected chi connectivity index (χ0v) is 18.1. The van der Waals surface area contributed by atoms with E-state index >= 15 is 0 Å². The minimum absolute atomic E-state index is 0.0550. The summed E-state index contributed by atoms with van der Waals surface area (Å²) in [5.41, 5.74) is -0.357. The van der Waals surface area contributed by atoms with Gasteiger partial charge in [0.25, 0.3) is 0 Å². The molecular formula is C23H30F3N3O2. The Labute approximate surface area is 181 Å². The molecule has 2 aromatic rings. The van der Waals surface area contributed by atoms with Crippen molar-refractivity contribution in [3.05, 3.63) is 36.0 Å². The van der Waals surface area contributed by atoms with Crippen molar-refractivity contribution in [2.75, 3.05) is 18.6 Å². The third-order valence-corrected chi connectivity index (χ3v) is 5.41. The molecule has 0 saturated heterocycles. The molecule has 1 heterocycles. The third-order valence-electron chi connectivity index (χ3n) is 5.41. The second kappa shape index (κ2) is 10.7. The lowest BCUT2D eigenvalue weighted by Crippen LogP contribution is -2.21. The topological polar surface area (TPSA) is 47.5 Å². The fraction of sp³-hybridized carbons (Fsp3) is 0.565. The van der Waals surface area contributed by atoms with E-state index in [-0.39, 0.29) is 17.9 Å². The van der Waals surface area contributed by atoms with Gasteiger partial charge in [0.05, 0.1) is 12.7 Å². The molecule has 3 rings (SSSR count). The lowest BCUT2D eigenvalue weighted by molar-refractivity contribution is -0.137. The van der Waals surface area contributed by atoms with E-state index in [2.05, 4.69) is 16.9 Å². The smallest absolute Gasteiger partial charge is 0.421 e. The zero-order chi connectivity index (χ0) is 22.3. The maximum absolute atomic E-state index is 13.6. The van der Waals surface area contributed by atoms with Gasteiger partial charge in [-0.15, -0.1) is 0 Å². The van der Waals surface area contributed by atoms with Crippen LogP contribution in [-0.4, -0.2) is 29.7 Å². The highest BCUT2D eigenvalue weighted by Gasteiger charge is 2.37. The number of ether oxygens (including phenoxy) is 2. The number of unbranched alkanes of at least 4 members (excludes halogenated alkanes) is 2. The Balaban J connectivity index is 1.82. The zero-order valence-electron chi connectivity index (χ0n) is 18.1. The summed E-state index contributed by atoms with van der Waals surface area (Å²) in [5, 5.41) is 0. The second-order valence-corrected chi connectivity index (χ2v) is 7.88. The summed E-state index contributed by atoms with van der Waals surface area (Å²) in [7, 11) is 1.55. The van der Waals surface area contributed by atoms with Crippen LogP contribution in [0.5, 0.6) is 11.8 Å². The highest BCUT2D eigenvalue weighted by molar-refractivity contribution is 5.64. The summed E-state index contributed by atoms with van der Waals surface area (Å²) >= 11 is 0. The highest BCUT2D eigenvalue weighted by Crippen LogP contribution is 2.38. The van der Waals surface area contributed by atoms with Gasteiger partial charge >= 0.3 is 12.2 Å². The van der Waals surface area contributed by atoms with Crippen molar-refractivity contribution in [1.29, 1.82) is 0 Å². The van der Waals surface area contributed by atoms with Crippen molar-refractivity contribution in [2.45, 2.75) is 70.6 Å². The van der Waals surface area contributed by atoms with E-state index in [1.54, 1.807) is 25.2 Å². The molecule has 0 N–H and O–H groups in total. The Hall–Kier alpha value is -2.51. The van der Waals surface area contributed by atoms with Crippen molar-refractivity contribution in [3.63, 3.8) is 0 Å². The largest absolute Gasteiger partial charge is 0.490 e. The van der Waals surface area contributed by atoms with Crippen molar-refractivity contribution < 1.29 is 22.6 Å². The standard InChI is InChI=1S/C23H30F3N3O2/c1-3-4-8-14-30-22-27-16-20(23(24,25)26)21(28-22)29(2)17-10-9-13-19(15-17)31-18-11-6-5-7-12-18/h9-10,13,15-16,18H,3-8,11-12,14H2,1-2H3. The molecule has 1 aliphatic rings. The molecule has 0 radical (unpaired) electrons. The fourth-order valence-corrected chi connectivity index (χ4v) is 3.66. The Morgan fingerprint density at radius 2 is 1.90 bits per heavy atom. The number of hydrogen-bond donors (Lipinski definition) is 0. The normalized spacial score (nSPS) is 15.0. The Morgan fingerprint density at radius 1 is 1.13 bits per heavy atom. The number of hydrogen-bond acceptors (Lipinski definition) is 5. The minimum Gasteiger partial charge on any atom is -0.490 e. The van der Waals surface area contributed by atoms with Gasteiger partial charge in [0.2, 0.25) is 0 Å². The van der Waals surface area contributed by atoms with Crippen LogP contribution in [-0.2, 0) is 6.18 Å². The molecule has 0 amide bonds.